The number of nitrogens with one attached hydrogen (secondary N) is 1. The van der Waals surface area contributed by atoms with Crippen molar-refractivity contribution in [3.05, 3.63) is 47.3 Å². The van der Waals surface area contributed by atoms with Crippen LogP contribution in [0.5, 0.6) is 0 Å². The molecule has 1 aromatic carbocycles. The van der Waals surface area contributed by atoms with Crippen molar-refractivity contribution in [3.8, 4) is 5.69 Å². The van der Waals surface area contributed by atoms with Gasteiger partial charge in [0.15, 0.2) is 5.82 Å². The topological polar surface area (TPSA) is 29.9 Å². The summed E-state index contributed by atoms with van der Waals surface area (Å²) in [6.07, 6.45) is 1.69. The van der Waals surface area contributed by atoms with Gasteiger partial charge in [-0.15, -0.1) is 0 Å². The highest BCUT2D eigenvalue weighted by molar-refractivity contribution is 5.37. The maximum atomic E-state index is 13.7. The highest BCUT2D eigenvalue weighted by atomic mass is 19.1. The van der Waals surface area contributed by atoms with Gasteiger partial charge in [-0.2, -0.15) is 5.10 Å². The molecule has 0 aliphatic rings. The van der Waals surface area contributed by atoms with E-state index in [1.165, 1.54) is 16.8 Å². The Morgan fingerprint density at radius 1 is 1.33 bits per heavy atom. The molecule has 0 saturated carbocycles. The third kappa shape index (κ3) is 2.13. The summed E-state index contributed by atoms with van der Waals surface area (Å²) < 4.78 is 28.0. The third-order valence-corrected chi connectivity index (χ3v) is 3.09. The summed E-state index contributed by atoms with van der Waals surface area (Å²) in [5, 5.41) is 7.26. The fourth-order valence-electron chi connectivity index (χ4n) is 1.90. The Labute approximate surface area is 104 Å². The van der Waals surface area contributed by atoms with E-state index in [1.807, 2.05) is 20.9 Å². The maximum Gasteiger partial charge on any atom is 0.151 e. The Morgan fingerprint density at radius 2 is 2.06 bits per heavy atom. The lowest BCUT2D eigenvalue weighted by atomic mass is 10.1. The minimum absolute atomic E-state index is 0.127. The van der Waals surface area contributed by atoms with Gasteiger partial charge in [-0.05, 0) is 33.0 Å². The van der Waals surface area contributed by atoms with Gasteiger partial charge < -0.3 is 5.32 Å². The van der Waals surface area contributed by atoms with Gasteiger partial charge >= 0.3 is 0 Å². The first-order valence-corrected chi connectivity index (χ1v) is 5.71. The van der Waals surface area contributed by atoms with Gasteiger partial charge in [0.05, 0.1) is 6.20 Å². The Morgan fingerprint density at radius 3 is 2.67 bits per heavy atom. The number of hydrogen-bond donors (Lipinski definition) is 1. The van der Waals surface area contributed by atoms with Gasteiger partial charge in [0, 0.05) is 23.4 Å². The average Bonchev–Trinajstić information content (AvgIpc) is 2.70. The molecule has 2 rings (SSSR count). The first-order valence-electron chi connectivity index (χ1n) is 5.71. The predicted molar refractivity (Wildman–Crippen MR) is 65.7 cm³/mol. The van der Waals surface area contributed by atoms with Crippen LogP contribution in [0.1, 0.15) is 24.2 Å². The molecule has 0 bridgehead atoms. The summed E-state index contributed by atoms with van der Waals surface area (Å²) in [5.41, 5.74) is 2.08. The zero-order valence-electron chi connectivity index (χ0n) is 10.5. The number of rotatable bonds is 3. The molecule has 0 spiro atoms. The van der Waals surface area contributed by atoms with E-state index >= 15 is 0 Å². The molecule has 0 aliphatic heterocycles. The van der Waals surface area contributed by atoms with Crippen LogP contribution in [0.4, 0.5) is 8.78 Å². The highest BCUT2D eigenvalue weighted by Gasteiger charge is 2.15. The molecule has 1 N–H and O–H groups in total. The zero-order chi connectivity index (χ0) is 13.3. The highest BCUT2D eigenvalue weighted by Crippen LogP contribution is 2.21. The van der Waals surface area contributed by atoms with Crippen LogP contribution in [0.15, 0.2) is 24.4 Å². The molecule has 0 fully saturated rings. The monoisotopic (exact) mass is 251 g/mol. The van der Waals surface area contributed by atoms with Crippen molar-refractivity contribution >= 4 is 0 Å². The predicted octanol–water partition coefficient (Wildman–Crippen LogP) is 2.74. The van der Waals surface area contributed by atoms with Crippen molar-refractivity contribution in [2.24, 2.45) is 0 Å². The van der Waals surface area contributed by atoms with Crippen molar-refractivity contribution in [1.82, 2.24) is 15.1 Å². The Hall–Kier alpha value is -1.75. The minimum Gasteiger partial charge on any atom is -0.313 e. The summed E-state index contributed by atoms with van der Waals surface area (Å²) in [7, 11) is 1.85. The second-order valence-corrected chi connectivity index (χ2v) is 4.20. The van der Waals surface area contributed by atoms with E-state index in [4.69, 9.17) is 0 Å². The molecule has 0 aliphatic carbocycles. The maximum absolute atomic E-state index is 13.7. The molecule has 1 unspecified atom stereocenters. The fraction of sp³-hybridized carbons (Fsp3) is 0.308. The molecule has 0 saturated heterocycles. The summed E-state index contributed by atoms with van der Waals surface area (Å²) in [6.45, 7) is 3.86. The van der Waals surface area contributed by atoms with E-state index in [2.05, 4.69) is 10.4 Å². The van der Waals surface area contributed by atoms with Crippen LogP contribution >= 0.6 is 0 Å². The van der Waals surface area contributed by atoms with Gasteiger partial charge in [-0.25, -0.2) is 13.5 Å². The lowest BCUT2D eigenvalue weighted by Gasteiger charge is -2.11. The van der Waals surface area contributed by atoms with Crippen LogP contribution < -0.4 is 5.32 Å². The second-order valence-electron chi connectivity index (χ2n) is 4.20. The van der Waals surface area contributed by atoms with Crippen LogP contribution in [0.25, 0.3) is 5.69 Å². The summed E-state index contributed by atoms with van der Waals surface area (Å²) in [5.74, 6) is -1.21. The second kappa shape index (κ2) is 4.86. The fourth-order valence-corrected chi connectivity index (χ4v) is 1.90. The largest absolute Gasteiger partial charge is 0.313 e. The molecule has 0 amide bonds. The van der Waals surface area contributed by atoms with Gasteiger partial charge in [0.1, 0.15) is 11.5 Å². The minimum atomic E-state index is -0.620. The Kier molecular flexibility index (Phi) is 3.43. The first kappa shape index (κ1) is 12.7. The van der Waals surface area contributed by atoms with E-state index in [-0.39, 0.29) is 11.7 Å². The lowest BCUT2D eigenvalue weighted by molar-refractivity contribution is 0.572. The van der Waals surface area contributed by atoms with E-state index in [1.54, 1.807) is 6.20 Å². The number of halogens is 2. The Balaban J connectivity index is 2.49. The standard InChI is InChI=1S/C13H15F2N3/c1-8(16-3)11-7-17-18(9(11)2)13-5-4-10(14)6-12(13)15/h4-8,16H,1-3H3. The van der Waals surface area contributed by atoms with Crippen molar-refractivity contribution in [3.63, 3.8) is 0 Å². The van der Waals surface area contributed by atoms with Crippen LogP contribution in [0.3, 0.4) is 0 Å². The van der Waals surface area contributed by atoms with Crippen molar-refractivity contribution in [2.75, 3.05) is 7.05 Å². The van der Waals surface area contributed by atoms with Crippen molar-refractivity contribution in [1.29, 1.82) is 0 Å². The van der Waals surface area contributed by atoms with Crippen LogP contribution in [0.2, 0.25) is 0 Å². The molecule has 0 radical (unpaired) electrons. The van der Waals surface area contributed by atoms with E-state index in [0.29, 0.717) is 0 Å². The Bertz CT molecular complexity index is 563. The van der Waals surface area contributed by atoms with Gasteiger partial charge in [-0.3, -0.25) is 0 Å². The third-order valence-electron chi connectivity index (χ3n) is 3.09. The molecule has 5 heteroatoms. The number of nitrogens with zero attached hydrogens (tertiary/aromatic N) is 2. The molecule has 1 atom stereocenters. The molecule has 96 valence electrons. The summed E-state index contributed by atoms with van der Waals surface area (Å²) in [6, 6.07) is 3.60. The van der Waals surface area contributed by atoms with E-state index in [0.717, 1.165) is 17.3 Å². The van der Waals surface area contributed by atoms with E-state index in [9.17, 15) is 8.78 Å². The molecule has 18 heavy (non-hydrogen) atoms. The van der Waals surface area contributed by atoms with Crippen molar-refractivity contribution < 1.29 is 8.78 Å². The van der Waals surface area contributed by atoms with Gasteiger partial charge in [-0.1, -0.05) is 0 Å². The molecule has 2 aromatic rings. The molecule has 1 heterocycles. The lowest BCUT2D eigenvalue weighted by Crippen LogP contribution is -2.13. The van der Waals surface area contributed by atoms with Crippen LogP contribution in [-0.2, 0) is 0 Å². The zero-order valence-corrected chi connectivity index (χ0v) is 10.5. The number of aromatic nitrogens is 2. The average molecular weight is 251 g/mol. The molecule has 3 nitrogen and oxygen atoms in total. The number of hydrogen-bond acceptors (Lipinski definition) is 2. The quantitative estimate of drug-likeness (QED) is 0.909. The number of benzene rings is 1. The molecule has 1 aromatic heterocycles. The van der Waals surface area contributed by atoms with Crippen LogP contribution in [-0.4, -0.2) is 16.8 Å². The van der Waals surface area contributed by atoms with Crippen LogP contribution in [0, 0.1) is 18.6 Å². The SMILES string of the molecule is CNC(C)c1cnn(-c2ccc(F)cc2F)c1C. The van der Waals surface area contributed by atoms with Crippen molar-refractivity contribution in [2.45, 2.75) is 19.9 Å². The first-order chi connectivity index (χ1) is 8.54. The summed E-state index contributed by atoms with van der Waals surface area (Å²) in [4.78, 5) is 0. The molecular weight excluding hydrogens is 236 g/mol. The van der Waals surface area contributed by atoms with Gasteiger partial charge in [0.2, 0.25) is 0 Å². The smallest absolute Gasteiger partial charge is 0.151 e. The summed E-state index contributed by atoms with van der Waals surface area (Å²) >= 11 is 0. The van der Waals surface area contributed by atoms with Gasteiger partial charge in [0.25, 0.3) is 0 Å². The normalized spacial score (nSPS) is 12.7. The molecular formula is C13H15F2N3. The van der Waals surface area contributed by atoms with E-state index < -0.39 is 11.6 Å².